The maximum absolute atomic E-state index is 2.53. The second kappa shape index (κ2) is 8.93. The van der Waals surface area contributed by atoms with Crippen LogP contribution in [-0.2, 0) is 20.9 Å². The van der Waals surface area contributed by atoms with Crippen molar-refractivity contribution >= 4 is 16.3 Å². The van der Waals surface area contributed by atoms with Crippen molar-refractivity contribution in [1.29, 1.82) is 0 Å². The van der Waals surface area contributed by atoms with Gasteiger partial charge in [-0.1, -0.05) is 0 Å². The van der Waals surface area contributed by atoms with Crippen molar-refractivity contribution < 1.29 is 20.9 Å². The first-order valence-corrected chi connectivity index (χ1v) is 19.6. The molecular weight excluding hydrogens is 456 g/mol. The number of allylic oxidation sites excluding steroid dienone is 8. The molecule has 0 nitrogen and oxygen atoms in total. The van der Waals surface area contributed by atoms with Gasteiger partial charge in [-0.3, -0.25) is 0 Å². The van der Waals surface area contributed by atoms with Crippen LogP contribution in [0, 0.1) is 11.8 Å². The quantitative estimate of drug-likeness (QED) is 0.461. The predicted molar refractivity (Wildman–Crippen MR) is 131 cm³/mol. The van der Waals surface area contributed by atoms with Crippen LogP contribution in [0.3, 0.4) is 0 Å². The SMILES string of the molecule is CC1=CC(C)[C]([Zr]([C]2=C(C)C=C(C)C2C)[SiH](c2ccccc2)c2ccccc2)=C1C. The van der Waals surface area contributed by atoms with Crippen LogP contribution in [0.5, 0.6) is 0 Å². The van der Waals surface area contributed by atoms with Crippen LogP contribution in [0.1, 0.15) is 41.5 Å². The molecular formula is C28H33SiZr. The van der Waals surface area contributed by atoms with Gasteiger partial charge in [0.15, 0.2) is 0 Å². The van der Waals surface area contributed by atoms with Crippen molar-refractivity contribution in [3.05, 3.63) is 102 Å². The first-order valence-electron chi connectivity index (χ1n) is 11.2. The van der Waals surface area contributed by atoms with E-state index in [0.29, 0.717) is 11.8 Å². The molecule has 4 rings (SSSR count). The van der Waals surface area contributed by atoms with Gasteiger partial charge in [-0.2, -0.15) is 0 Å². The monoisotopic (exact) mass is 487 g/mol. The number of hydrogen-bond acceptors (Lipinski definition) is 0. The van der Waals surface area contributed by atoms with E-state index in [-0.39, 0.29) is 0 Å². The Morgan fingerprint density at radius 2 is 1.27 bits per heavy atom. The van der Waals surface area contributed by atoms with Gasteiger partial charge < -0.3 is 0 Å². The maximum atomic E-state index is 2.53. The van der Waals surface area contributed by atoms with Crippen LogP contribution in [0.2, 0.25) is 0 Å². The molecule has 0 aromatic heterocycles. The Labute approximate surface area is 191 Å². The van der Waals surface area contributed by atoms with Gasteiger partial charge in [-0.25, -0.2) is 0 Å². The fraction of sp³-hybridized carbons (Fsp3) is 0.286. The molecule has 0 spiro atoms. The summed E-state index contributed by atoms with van der Waals surface area (Å²) in [7, 11) is 0. The minimum absolute atomic E-state index is 0.593. The Hall–Kier alpha value is -1.50. The van der Waals surface area contributed by atoms with E-state index in [4.69, 9.17) is 0 Å². The van der Waals surface area contributed by atoms with E-state index in [1.165, 1.54) is 5.57 Å². The molecule has 2 heteroatoms. The van der Waals surface area contributed by atoms with Crippen LogP contribution in [0.4, 0.5) is 0 Å². The summed E-state index contributed by atoms with van der Waals surface area (Å²) in [4.78, 5) is 0. The molecule has 153 valence electrons. The van der Waals surface area contributed by atoms with Gasteiger partial charge in [0.05, 0.1) is 0 Å². The van der Waals surface area contributed by atoms with Gasteiger partial charge in [-0.05, 0) is 0 Å². The molecule has 2 aromatic carbocycles. The first kappa shape index (κ1) is 21.7. The summed E-state index contributed by atoms with van der Waals surface area (Å²) in [6.45, 7) is 14.4. The van der Waals surface area contributed by atoms with Crippen molar-refractivity contribution in [3.63, 3.8) is 0 Å². The molecule has 2 aromatic rings. The Balaban J connectivity index is 1.98. The Morgan fingerprint density at radius 3 is 1.67 bits per heavy atom. The normalized spacial score (nSPS) is 21.4. The fourth-order valence-corrected chi connectivity index (χ4v) is 32.8. The topological polar surface area (TPSA) is 0 Å². The summed E-state index contributed by atoms with van der Waals surface area (Å²) in [5.41, 5.74) is 6.26. The summed E-state index contributed by atoms with van der Waals surface area (Å²) in [6, 6.07) is 23.1. The molecule has 0 bridgehead atoms. The molecule has 0 N–H and O–H groups in total. The second-order valence-electron chi connectivity index (χ2n) is 9.05. The summed E-state index contributed by atoms with van der Waals surface area (Å²) in [6.07, 6.45) is 5.01. The van der Waals surface area contributed by atoms with Crippen molar-refractivity contribution in [2.45, 2.75) is 41.5 Å². The molecule has 0 aliphatic heterocycles. The summed E-state index contributed by atoms with van der Waals surface area (Å²) >= 11 is -2.22. The third-order valence-corrected chi connectivity index (χ3v) is 29.5. The van der Waals surface area contributed by atoms with E-state index in [9.17, 15) is 0 Å². The van der Waals surface area contributed by atoms with Crippen LogP contribution in [-0.4, -0.2) is 5.92 Å². The molecule has 2 aliphatic carbocycles. The number of hydrogen-bond donors (Lipinski definition) is 0. The van der Waals surface area contributed by atoms with Crippen LogP contribution < -0.4 is 10.4 Å². The van der Waals surface area contributed by atoms with Gasteiger partial charge in [-0.15, -0.1) is 0 Å². The van der Waals surface area contributed by atoms with E-state index in [0.717, 1.165) is 0 Å². The standard InChI is InChI=1S/C12H11Si.2C8H11.Zr/c1-3-7-11(8-4-1)13-12-9-5-2-6-10-12;2*1-6-4-7(2)8(3)5-6;/h1-10,13H;4,8H,1-3H3;4,6H,1-3H3;. The van der Waals surface area contributed by atoms with Crippen molar-refractivity contribution in [2.75, 3.05) is 0 Å². The predicted octanol–water partition coefficient (Wildman–Crippen LogP) is 5.88. The van der Waals surface area contributed by atoms with Gasteiger partial charge in [0, 0.05) is 0 Å². The Kier molecular flexibility index (Phi) is 6.47. The summed E-state index contributed by atoms with van der Waals surface area (Å²) < 4.78 is 3.73. The molecule has 2 aliphatic rings. The zero-order valence-corrected chi connectivity index (χ0v) is 22.8. The average molecular weight is 489 g/mol. The molecule has 2 atom stereocenters. The first-order chi connectivity index (χ1) is 14.4. The van der Waals surface area contributed by atoms with Crippen LogP contribution >= 0.6 is 0 Å². The fourth-order valence-electron chi connectivity index (χ4n) is 5.42. The van der Waals surface area contributed by atoms with E-state index in [2.05, 4.69) is 114 Å². The minimum atomic E-state index is -2.22. The zero-order chi connectivity index (χ0) is 21.4. The molecule has 0 radical (unpaired) electrons. The zero-order valence-electron chi connectivity index (χ0n) is 19.2. The molecule has 0 saturated heterocycles. The summed E-state index contributed by atoms with van der Waals surface area (Å²) in [5, 5.41) is 3.26. The molecule has 0 fully saturated rings. The van der Waals surface area contributed by atoms with Crippen LogP contribution in [0.15, 0.2) is 102 Å². The van der Waals surface area contributed by atoms with Crippen molar-refractivity contribution in [3.8, 4) is 0 Å². The molecule has 2 unspecified atom stereocenters. The molecule has 0 amide bonds. The second-order valence-corrected chi connectivity index (χ2v) is 23.6. The average Bonchev–Trinajstić information content (AvgIpc) is 3.14. The van der Waals surface area contributed by atoms with Crippen molar-refractivity contribution in [1.82, 2.24) is 0 Å². The number of benzene rings is 2. The van der Waals surface area contributed by atoms with E-state index >= 15 is 0 Å². The third-order valence-electron chi connectivity index (χ3n) is 7.07. The van der Waals surface area contributed by atoms with Gasteiger partial charge >= 0.3 is 192 Å². The third kappa shape index (κ3) is 3.90. The number of rotatable bonds is 5. The van der Waals surface area contributed by atoms with E-state index in [1.807, 2.05) is 6.56 Å². The van der Waals surface area contributed by atoms with E-state index in [1.54, 1.807) is 27.1 Å². The summed E-state index contributed by atoms with van der Waals surface area (Å²) in [5.74, 6) is -0.166. The molecule has 30 heavy (non-hydrogen) atoms. The Bertz CT molecular complexity index is 1020. The van der Waals surface area contributed by atoms with Gasteiger partial charge in [0.25, 0.3) is 0 Å². The van der Waals surface area contributed by atoms with E-state index < -0.39 is 26.8 Å². The van der Waals surface area contributed by atoms with Gasteiger partial charge in [0.2, 0.25) is 0 Å². The molecule has 0 heterocycles. The van der Waals surface area contributed by atoms with Crippen molar-refractivity contribution in [2.24, 2.45) is 11.8 Å². The molecule has 0 saturated carbocycles. The van der Waals surface area contributed by atoms with Gasteiger partial charge in [0.1, 0.15) is 0 Å². The Morgan fingerprint density at radius 1 is 0.733 bits per heavy atom. The van der Waals surface area contributed by atoms with Crippen LogP contribution in [0.25, 0.3) is 0 Å².